The van der Waals surface area contributed by atoms with E-state index in [1.54, 1.807) is 36.2 Å². The Kier molecular flexibility index (Phi) is 12.2. The molecule has 0 unspecified atom stereocenters. The van der Waals surface area contributed by atoms with Crippen LogP contribution < -0.4 is 16.4 Å². The minimum absolute atomic E-state index is 0.00691. The normalized spacial score (nSPS) is 17.2. The first kappa shape index (κ1) is 35.9. The molecule has 51 heavy (non-hydrogen) atoms. The molecule has 1 aliphatic heterocycles. The maximum absolute atomic E-state index is 12.6. The fourth-order valence-corrected chi connectivity index (χ4v) is 6.88. The molecule has 0 radical (unpaired) electrons. The maximum Gasteiger partial charge on any atom is 0.224 e. The SMILES string of the molecule is Cn1ccnc1SC[C@@H]1C[C@H](c2ccc(CO)cc2)O[C@H](c2cccc(-c3cccc(CNC(=O)CCCC(=O)Nc4ccccc4N)c3)c2)O1. The Balaban J connectivity index is 1.07. The van der Waals surface area contributed by atoms with Gasteiger partial charge in [-0.3, -0.25) is 9.59 Å². The number of nitrogens with two attached hydrogens (primary N) is 1. The quantitative estimate of drug-likeness (QED) is 0.0721. The minimum atomic E-state index is -0.581. The van der Waals surface area contributed by atoms with Crippen molar-refractivity contribution in [3.8, 4) is 11.1 Å². The van der Waals surface area contributed by atoms with Crippen molar-refractivity contribution in [2.45, 2.75) is 62.5 Å². The van der Waals surface area contributed by atoms with Crippen LogP contribution in [0.4, 0.5) is 11.4 Å². The van der Waals surface area contributed by atoms with Crippen LogP contribution in [0.15, 0.2) is 115 Å². The molecule has 1 fully saturated rings. The Morgan fingerprint density at radius 3 is 2.43 bits per heavy atom. The Labute approximate surface area is 302 Å². The molecule has 3 atom stereocenters. The third kappa shape index (κ3) is 9.86. The monoisotopic (exact) mass is 705 g/mol. The van der Waals surface area contributed by atoms with Gasteiger partial charge in [-0.1, -0.05) is 84.6 Å². The van der Waals surface area contributed by atoms with Crippen molar-refractivity contribution < 1.29 is 24.2 Å². The number of amides is 2. The molecule has 1 aliphatic rings. The summed E-state index contributed by atoms with van der Waals surface area (Å²) < 4.78 is 15.2. The minimum Gasteiger partial charge on any atom is -0.397 e. The largest absolute Gasteiger partial charge is 0.397 e. The summed E-state index contributed by atoms with van der Waals surface area (Å²) in [5, 5.41) is 16.2. The summed E-state index contributed by atoms with van der Waals surface area (Å²) in [6.07, 6.45) is 4.47. The number of aromatic nitrogens is 2. The van der Waals surface area contributed by atoms with Crippen molar-refractivity contribution in [2.75, 3.05) is 16.8 Å². The average molecular weight is 706 g/mol. The average Bonchev–Trinajstić information content (AvgIpc) is 3.58. The zero-order valence-corrected chi connectivity index (χ0v) is 29.4. The van der Waals surface area contributed by atoms with Crippen LogP contribution in [0.3, 0.4) is 0 Å². The molecule has 5 N–H and O–H groups in total. The fourth-order valence-electron chi connectivity index (χ4n) is 5.93. The number of nitrogen functional groups attached to an aromatic ring is 1. The molecule has 1 aromatic heterocycles. The molecule has 2 amide bonds. The lowest BCUT2D eigenvalue weighted by molar-refractivity contribution is -0.245. The number of carbonyl (C=O) groups is 2. The number of hydrogen-bond donors (Lipinski definition) is 4. The summed E-state index contributed by atoms with van der Waals surface area (Å²) in [6.45, 7) is 0.368. The van der Waals surface area contributed by atoms with Crippen molar-refractivity contribution in [3.05, 3.63) is 132 Å². The highest BCUT2D eigenvalue weighted by atomic mass is 32.2. The molecule has 11 heteroatoms. The first-order valence-electron chi connectivity index (χ1n) is 17.1. The van der Waals surface area contributed by atoms with Gasteiger partial charge >= 0.3 is 0 Å². The van der Waals surface area contributed by atoms with Crippen molar-refractivity contribution >= 4 is 35.0 Å². The summed E-state index contributed by atoms with van der Waals surface area (Å²) in [4.78, 5) is 29.4. The van der Waals surface area contributed by atoms with Crippen molar-refractivity contribution in [3.63, 3.8) is 0 Å². The molecule has 264 valence electrons. The molecule has 0 aliphatic carbocycles. The van der Waals surface area contributed by atoms with Gasteiger partial charge in [0.05, 0.1) is 30.2 Å². The van der Waals surface area contributed by atoms with Crippen LogP contribution >= 0.6 is 11.8 Å². The van der Waals surface area contributed by atoms with Gasteiger partial charge in [0.25, 0.3) is 0 Å². The van der Waals surface area contributed by atoms with Crippen LogP contribution in [0, 0.1) is 0 Å². The molecule has 0 bridgehead atoms. The van der Waals surface area contributed by atoms with Gasteiger partial charge in [0, 0.05) is 56.6 Å². The Hall–Kier alpha value is -4.94. The lowest BCUT2D eigenvalue weighted by Gasteiger charge is -2.36. The Morgan fingerprint density at radius 1 is 0.902 bits per heavy atom. The molecular weight excluding hydrogens is 663 g/mol. The number of thioether (sulfide) groups is 1. The number of aliphatic hydroxyl groups is 1. The number of aliphatic hydroxyl groups excluding tert-OH is 1. The summed E-state index contributed by atoms with van der Waals surface area (Å²) >= 11 is 1.66. The van der Waals surface area contributed by atoms with E-state index < -0.39 is 6.29 Å². The lowest BCUT2D eigenvalue weighted by atomic mass is 9.99. The van der Waals surface area contributed by atoms with Crippen LogP contribution in [-0.2, 0) is 39.3 Å². The van der Waals surface area contributed by atoms with E-state index in [0.29, 0.717) is 30.8 Å². The van der Waals surface area contributed by atoms with E-state index in [0.717, 1.165) is 44.3 Å². The summed E-state index contributed by atoms with van der Waals surface area (Å²) in [5.41, 5.74) is 12.8. The van der Waals surface area contributed by atoms with Crippen LogP contribution in [0.5, 0.6) is 0 Å². The van der Waals surface area contributed by atoms with Crippen LogP contribution in [0.25, 0.3) is 11.1 Å². The molecule has 5 aromatic rings. The van der Waals surface area contributed by atoms with Gasteiger partial charge in [0.1, 0.15) is 0 Å². The van der Waals surface area contributed by atoms with E-state index in [2.05, 4.69) is 33.8 Å². The van der Waals surface area contributed by atoms with Crippen LogP contribution in [0.2, 0.25) is 0 Å². The first-order chi connectivity index (χ1) is 24.8. The number of rotatable bonds is 14. The van der Waals surface area contributed by atoms with E-state index in [1.165, 1.54) is 0 Å². The molecule has 0 saturated carbocycles. The van der Waals surface area contributed by atoms with E-state index in [1.807, 2.05) is 78.5 Å². The summed E-state index contributed by atoms with van der Waals surface area (Å²) in [7, 11) is 1.98. The number of anilines is 2. The second kappa shape index (κ2) is 17.3. The van der Waals surface area contributed by atoms with Crippen LogP contribution in [-0.4, -0.2) is 38.3 Å². The summed E-state index contributed by atoms with van der Waals surface area (Å²) in [6, 6.07) is 31.2. The van der Waals surface area contributed by atoms with Gasteiger partial charge < -0.3 is 35.5 Å². The molecule has 4 aromatic carbocycles. The number of ether oxygens (including phenoxy) is 2. The number of para-hydroxylation sites is 2. The zero-order valence-electron chi connectivity index (χ0n) is 28.5. The van der Waals surface area contributed by atoms with Gasteiger partial charge in [-0.25, -0.2) is 4.98 Å². The standard InChI is InChI=1S/C40H43N5O5S/c1-45-20-19-42-40(45)51-26-33-23-36(29-17-15-27(25-46)16-18-29)50-39(49-33)32-10-5-9-31(22-32)30-8-4-7-28(21-30)24-43-37(47)13-6-14-38(48)44-35-12-3-2-11-34(35)41/h2-5,7-12,15-22,33,36,39,46H,6,13-14,23-26,41H2,1H3,(H,43,47)(H,44,48)/t33-,36+,39+/m0/s1. The van der Waals surface area contributed by atoms with E-state index in [9.17, 15) is 14.7 Å². The Bertz CT molecular complexity index is 1930. The molecule has 0 spiro atoms. The highest BCUT2D eigenvalue weighted by Crippen LogP contribution is 2.40. The number of carbonyl (C=O) groups excluding carboxylic acids is 2. The third-order valence-electron chi connectivity index (χ3n) is 8.74. The lowest BCUT2D eigenvalue weighted by Crippen LogP contribution is -2.31. The molecule has 6 rings (SSSR count). The molecule has 2 heterocycles. The second-order valence-electron chi connectivity index (χ2n) is 12.6. The van der Waals surface area contributed by atoms with Crippen molar-refractivity contribution in [1.29, 1.82) is 0 Å². The van der Waals surface area contributed by atoms with Gasteiger partial charge in [-0.15, -0.1) is 0 Å². The second-order valence-corrected chi connectivity index (χ2v) is 13.6. The molecule has 10 nitrogen and oxygen atoms in total. The van der Waals surface area contributed by atoms with Gasteiger partial charge in [-0.2, -0.15) is 0 Å². The van der Waals surface area contributed by atoms with E-state index in [-0.39, 0.29) is 43.5 Å². The van der Waals surface area contributed by atoms with Gasteiger partial charge in [0.2, 0.25) is 11.8 Å². The fraction of sp³-hybridized carbons (Fsp3) is 0.275. The van der Waals surface area contributed by atoms with Crippen molar-refractivity contribution in [2.24, 2.45) is 7.05 Å². The topological polar surface area (TPSA) is 141 Å². The van der Waals surface area contributed by atoms with Gasteiger partial charge in [0.15, 0.2) is 11.4 Å². The molecular formula is C40H43N5O5S. The Morgan fingerprint density at radius 2 is 1.67 bits per heavy atom. The number of aryl methyl sites for hydroxylation is 1. The van der Waals surface area contributed by atoms with E-state index >= 15 is 0 Å². The van der Waals surface area contributed by atoms with Gasteiger partial charge in [-0.05, 0) is 58.5 Å². The zero-order chi connectivity index (χ0) is 35.6. The predicted molar refractivity (Wildman–Crippen MR) is 199 cm³/mol. The predicted octanol–water partition coefficient (Wildman–Crippen LogP) is 6.92. The first-order valence-corrected chi connectivity index (χ1v) is 18.0. The number of benzene rings is 4. The van der Waals surface area contributed by atoms with Crippen molar-refractivity contribution in [1.82, 2.24) is 14.9 Å². The summed E-state index contributed by atoms with van der Waals surface area (Å²) in [5.74, 6) is 0.433. The molecule has 1 saturated heterocycles. The highest BCUT2D eigenvalue weighted by Gasteiger charge is 2.32. The number of imidazole rings is 1. The number of nitrogens with zero attached hydrogens (tertiary/aromatic N) is 2. The number of nitrogens with one attached hydrogen (secondary N) is 2. The van der Waals surface area contributed by atoms with E-state index in [4.69, 9.17) is 15.2 Å². The third-order valence-corrected chi connectivity index (χ3v) is 9.93. The highest BCUT2D eigenvalue weighted by molar-refractivity contribution is 7.99. The number of hydrogen-bond acceptors (Lipinski definition) is 8. The smallest absolute Gasteiger partial charge is 0.224 e. The van der Waals surface area contributed by atoms with Crippen LogP contribution in [0.1, 0.15) is 60.3 Å². The maximum atomic E-state index is 12.6.